The molecular weight excluding hydrogens is 291 g/mol. The van der Waals surface area contributed by atoms with Gasteiger partial charge in [-0.1, -0.05) is 11.6 Å². The van der Waals surface area contributed by atoms with Crippen LogP contribution in [0.15, 0.2) is 12.1 Å². The van der Waals surface area contributed by atoms with E-state index in [1.54, 1.807) is 12.1 Å². The lowest BCUT2D eigenvalue weighted by atomic mass is 9.93. The number of piperidine rings is 1. The van der Waals surface area contributed by atoms with Crippen molar-refractivity contribution in [3.63, 3.8) is 0 Å². The molecule has 0 saturated carbocycles. The van der Waals surface area contributed by atoms with Gasteiger partial charge in [0.1, 0.15) is 16.9 Å². The van der Waals surface area contributed by atoms with Crippen molar-refractivity contribution < 1.29 is 13.2 Å². The minimum Gasteiger partial charge on any atom is -0.371 e. The summed E-state index contributed by atoms with van der Waals surface area (Å²) in [6, 6.07) is 5.15. The first-order valence-corrected chi connectivity index (χ1v) is 6.64. The van der Waals surface area contributed by atoms with Crippen molar-refractivity contribution in [3.05, 3.63) is 23.0 Å². The van der Waals surface area contributed by atoms with Crippen molar-refractivity contribution in [2.45, 2.75) is 25.4 Å². The molecule has 1 fully saturated rings. The zero-order valence-corrected chi connectivity index (χ0v) is 11.4. The van der Waals surface area contributed by atoms with Crippen LogP contribution in [0, 0.1) is 17.2 Å². The van der Waals surface area contributed by atoms with E-state index < -0.39 is 12.6 Å². The van der Waals surface area contributed by atoms with Crippen molar-refractivity contribution in [1.82, 2.24) is 4.98 Å². The second-order valence-electron chi connectivity index (χ2n) is 4.89. The molecule has 0 aliphatic carbocycles. The van der Waals surface area contributed by atoms with E-state index in [1.807, 2.05) is 11.0 Å². The third kappa shape index (κ3) is 4.01. The standard InChI is InChI=1S/C13H13ClF3N3/c14-12-6-11(5-10(8-18)19-12)20-3-1-9(2-4-20)7-13(15,16)17/h5-6,9H,1-4,7H2. The van der Waals surface area contributed by atoms with Crippen LogP contribution in [0.1, 0.15) is 25.0 Å². The molecule has 2 rings (SSSR count). The Balaban J connectivity index is 2.01. The molecule has 0 radical (unpaired) electrons. The second-order valence-corrected chi connectivity index (χ2v) is 5.28. The van der Waals surface area contributed by atoms with Gasteiger partial charge < -0.3 is 4.90 Å². The first-order valence-electron chi connectivity index (χ1n) is 6.27. The van der Waals surface area contributed by atoms with E-state index in [0.29, 0.717) is 25.9 Å². The molecule has 1 aromatic rings. The van der Waals surface area contributed by atoms with Crippen LogP contribution >= 0.6 is 11.6 Å². The lowest BCUT2D eigenvalue weighted by Crippen LogP contribution is -2.35. The number of anilines is 1. The molecule has 1 aromatic heterocycles. The van der Waals surface area contributed by atoms with Crippen LogP contribution in [0.3, 0.4) is 0 Å². The van der Waals surface area contributed by atoms with E-state index in [0.717, 1.165) is 5.69 Å². The molecule has 0 N–H and O–H groups in total. The Bertz CT molecular complexity index is 517. The minimum absolute atomic E-state index is 0.213. The summed E-state index contributed by atoms with van der Waals surface area (Å²) in [5.41, 5.74) is 0.955. The minimum atomic E-state index is -4.10. The number of halogens is 4. The summed E-state index contributed by atoms with van der Waals surface area (Å²) in [5.74, 6) is -0.320. The van der Waals surface area contributed by atoms with Crippen molar-refractivity contribution in [1.29, 1.82) is 5.26 Å². The van der Waals surface area contributed by atoms with Gasteiger partial charge in [-0.05, 0) is 30.9 Å². The molecule has 7 heteroatoms. The summed E-state index contributed by atoms with van der Waals surface area (Å²) in [6.45, 7) is 1.07. The van der Waals surface area contributed by atoms with Crippen LogP contribution in [-0.4, -0.2) is 24.2 Å². The van der Waals surface area contributed by atoms with Crippen molar-refractivity contribution in [2.75, 3.05) is 18.0 Å². The number of pyridine rings is 1. The molecule has 0 atom stereocenters. The lowest BCUT2D eigenvalue weighted by Gasteiger charge is -2.34. The average Bonchev–Trinajstić information content (AvgIpc) is 2.37. The molecule has 0 aromatic carbocycles. The molecule has 108 valence electrons. The number of hydrogen-bond donors (Lipinski definition) is 0. The van der Waals surface area contributed by atoms with Gasteiger partial charge in [-0.25, -0.2) is 4.98 Å². The maximum absolute atomic E-state index is 12.3. The zero-order valence-electron chi connectivity index (χ0n) is 10.6. The van der Waals surface area contributed by atoms with Crippen LogP contribution < -0.4 is 4.90 Å². The molecule has 1 aliphatic heterocycles. The maximum atomic E-state index is 12.3. The van der Waals surface area contributed by atoms with Gasteiger partial charge in [0.25, 0.3) is 0 Å². The summed E-state index contributed by atoms with van der Waals surface area (Å²) in [4.78, 5) is 5.79. The highest BCUT2D eigenvalue weighted by Gasteiger charge is 2.33. The van der Waals surface area contributed by atoms with E-state index in [2.05, 4.69) is 4.98 Å². The van der Waals surface area contributed by atoms with E-state index in [1.165, 1.54) is 0 Å². The molecule has 0 unspecified atom stereocenters. The van der Waals surface area contributed by atoms with Crippen molar-refractivity contribution >= 4 is 17.3 Å². The van der Waals surface area contributed by atoms with Crippen LogP contribution in [0.25, 0.3) is 0 Å². The first-order chi connectivity index (χ1) is 9.37. The summed E-state index contributed by atoms with van der Waals surface area (Å²) < 4.78 is 37.0. The Morgan fingerprint density at radius 1 is 1.35 bits per heavy atom. The summed E-state index contributed by atoms with van der Waals surface area (Å²) in [5, 5.41) is 9.06. The average molecular weight is 304 g/mol. The molecule has 2 heterocycles. The number of nitrogens with zero attached hydrogens (tertiary/aromatic N) is 3. The van der Waals surface area contributed by atoms with Gasteiger partial charge in [0.15, 0.2) is 0 Å². The maximum Gasteiger partial charge on any atom is 0.389 e. The smallest absolute Gasteiger partial charge is 0.371 e. The van der Waals surface area contributed by atoms with Gasteiger partial charge in [-0.15, -0.1) is 0 Å². The Labute approximate surface area is 120 Å². The third-order valence-electron chi connectivity index (χ3n) is 3.39. The fourth-order valence-corrected chi connectivity index (χ4v) is 2.65. The predicted molar refractivity (Wildman–Crippen MR) is 69.6 cm³/mol. The second kappa shape index (κ2) is 5.88. The largest absolute Gasteiger partial charge is 0.389 e. The Morgan fingerprint density at radius 2 is 2.00 bits per heavy atom. The van der Waals surface area contributed by atoms with Gasteiger partial charge in [0.2, 0.25) is 0 Å². The van der Waals surface area contributed by atoms with Crippen LogP contribution in [0.5, 0.6) is 0 Å². The summed E-state index contributed by atoms with van der Waals surface area (Å²) >= 11 is 5.83. The summed E-state index contributed by atoms with van der Waals surface area (Å²) in [7, 11) is 0. The molecule has 0 bridgehead atoms. The highest BCUT2D eigenvalue weighted by molar-refractivity contribution is 6.29. The molecule has 3 nitrogen and oxygen atoms in total. The highest BCUT2D eigenvalue weighted by atomic mass is 35.5. The van der Waals surface area contributed by atoms with E-state index in [9.17, 15) is 13.2 Å². The Kier molecular flexibility index (Phi) is 4.39. The lowest BCUT2D eigenvalue weighted by molar-refractivity contribution is -0.145. The number of alkyl halides is 3. The number of hydrogen-bond acceptors (Lipinski definition) is 3. The van der Waals surface area contributed by atoms with Crippen LogP contribution in [-0.2, 0) is 0 Å². The van der Waals surface area contributed by atoms with Gasteiger partial charge in [-0.2, -0.15) is 18.4 Å². The van der Waals surface area contributed by atoms with Crippen LogP contribution in [0.2, 0.25) is 5.15 Å². The molecule has 20 heavy (non-hydrogen) atoms. The Morgan fingerprint density at radius 3 is 2.55 bits per heavy atom. The fraction of sp³-hybridized carbons (Fsp3) is 0.538. The zero-order chi connectivity index (χ0) is 14.8. The number of aromatic nitrogens is 1. The van der Waals surface area contributed by atoms with Gasteiger partial charge in [0, 0.05) is 25.2 Å². The van der Waals surface area contributed by atoms with Crippen LogP contribution in [0.4, 0.5) is 18.9 Å². The van der Waals surface area contributed by atoms with Gasteiger partial charge in [-0.3, -0.25) is 0 Å². The highest BCUT2D eigenvalue weighted by Crippen LogP contribution is 2.32. The summed E-state index contributed by atoms with van der Waals surface area (Å²) in [6.07, 6.45) is -3.84. The SMILES string of the molecule is N#Cc1cc(N2CCC(CC(F)(F)F)CC2)cc(Cl)n1. The normalized spacial score (nSPS) is 17.1. The predicted octanol–water partition coefficient (Wildman–Crippen LogP) is 3.78. The quantitative estimate of drug-likeness (QED) is 0.781. The monoisotopic (exact) mass is 303 g/mol. The molecular formula is C13H13ClF3N3. The molecule has 1 saturated heterocycles. The number of rotatable bonds is 2. The first kappa shape index (κ1) is 14.9. The van der Waals surface area contributed by atoms with Crippen molar-refractivity contribution in [3.8, 4) is 6.07 Å². The van der Waals surface area contributed by atoms with E-state index in [4.69, 9.17) is 16.9 Å². The molecule has 0 amide bonds. The fourth-order valence-electron chi connectivity index (χ4n) is 2.45. The van der Waals surface area contributed by atoms with E-state index >= 15 is 0 Å². The van der Waals surface area contributed by atoms with E-state index in [-0.39, 0.29) is 16.8 Å². The Hall–Kier alpha value is -1.48. The molecule has 1 aliphatic rings. The van der Waals surface area contributed by atoms with Gasteiger partial charge in [0.05, 0.1) is 0 Å². The third-order valence-corrected chi connectivity index (χ3v) is 3.59. The topological polar surface area (TPSA) is 39.9 Å². The van der Waals surface area contributed by atoms with Gasteiger partial charge >= 0.3 is 6.18 Å². The van der Waals surface area contributed by atoms with Crippen molar-refractivity contribution in [2.24, 2.45) is 5.92 Å². The number of nitriles is 1. The molecule has 0 spiro atoms.